The zero-order valence-electron chi connectivity index (χ0n) is 13.7. The van der Waals surface area contributed by atoms with Crippen molar-refractivity contribution in [1.82, 2.24) is 14.8 Å². The van der Waals surface area contributed by atoms with Crippen molar-refractivity contribution in [1.29, 1.82) is 0 Å². The molecule has 1 aliphatic heterocycles. The predicted molar refractivity (Wildman–Crippen MR) is 98.9 cm³/mol. The molecule has 25 heavy (non-hydrogen) atoms. The average Bonchev–Trinajstić information content (AvgIpc) is 2.60. The monoisotopic (exact) mass is 402 g/mol. The van der Waals surface area contributed by atoms with Gasteiger partial charge in [-0.1, -0.05) is 30.3 Å². The highest BCUT2D eigenvalue weighted by Gasteiger charge is 2.30. The van der Waals surface area contributed by atoms with E-state index in [9.17, 15) is 9.59 Å². The third kappa shape index (κ3) is 4.87. The van der Waals surface area contributed by atoms with E-state index in [-0.39, 0.29) is 24.9 Å². The van der Waals surface area contributed by atoms with Gasteiger partial charge in [-0.15, -0.1) is 0 Å². The van der Waals surface area contributed by atoms with Crippen LogP contribution in [0.2, 0.25) is 0 Å². The van der Waals surface area contributed by atoms with Crippen LogP contribution in [-0.2, 0) is 16.1 Å². The Morgan fingerprint density at radius 2 is 1.76 bits per heavy atom. The van der Waals surface area contributed by atoms with Crippen LogP contribution in [0.4, 0.5) is 5.82 Å². The maximum atomic E-state index is 12.3. The van der Waals surface area contributed by atoms with Crippen LogP contribution in [0.25, 0.3) is 0 Å². The van der Waals surface area contributed by atoms with Crippen molar-refractivity contribution in [3.05, 3.63) is 58.7 Å². The molecule has 2 amide bonds. The Labute approximate surface area is 155 Å². The molecular weight excluding hydrogens is 384 g/mol. The summed E-state index contributed by atoms with van der Waals surface area (Å²) in [5, 5.41) is 3.12. The van der Waals surface area contributed by atoms with Crippen LogP contribution in [-0.4, -0.2) is 52.8 Å². The lowest BCUT2D eigenvalue weighted by molar-refractivity contribution is -0.151. The van der Waals surface area contributed by atoms with Gasteiger partial charge in [0.1, 0.15) is 5.82 Å². The van der Waals surface area contributed by atoms with Crippen LogP contribution < -0.4 is 5.32 Å². The van der Waals surface area contributed by atoms with Gasteiger partial charge in [-0.3, -0.25) is 19.4 Å². The van der Waals surface area contributed by atoms with Gasteiger partial charge >= 0.3 is 0 Å². The predicted octanol–water partition coefficient (Wildman–Crippen LogP) is 2.13. The number of halogens is 1. The van der Waals surface area contributed by atoms with E-state index in [1.54, 1.807) is 6.20 Å². The highest BCUT2D eigenvalue weighted by molar-refractivity contribution is 9.10. The third-order valence-electron chi connectivity index (χ3n) is 3.94. The van der Waals surface area contributed by atoms with Crippen LogP contribution >= 0.6 is 15.9 Å². The summed E-state index contributed by atoms with van der Waals surface area (Å²) in [6.45, 7) is 1.95. The van der Waals surface area contributed by atoms with Gasteiger partial charge in [-0.05, 0) is 33.6 Å². The number of imide groups is 1. The fourth-order valence-corrected chi connectivity index (χ4v) is 2.96. The molecule has 2 aromatic rings. The maximum absolute atomic E-state index is 12.3. The maximum Gasteiger partial charge on any atom is 0.243 e. The number of carbonyl (C=O) groups is 2. The quantitative estimate of drug-likeness (QED) is 0.749. The largest absolute Gasteiger partial charge is 0.368 e. The van der Waals surface area contributed by atoms with Crippen molar-refractivity contribution >= 4 is 33.6 Å². The van der Waals surface area contributed by atoms with Crippen LogP contribution in [0.5, 0.6) is 0 Å². The van der Waals surface area contributed by atoms with Crippen LogP contribution in [0.3, 0.4) is 0 Å². The summed E-state index contributed by atoms with van der Waals surface area (Å²) in [4.78, 5) is 32.0. The topological polar surface area (TPSA) is 65.5 Å². The van der Waals surface area contributed by atoms with Crippen LogP contribution in [0.1, 0.15) is 5.56 Å². The number of piperazine rings is 1. The van der Waals surface area contributed by atoms with Gasteiger partial charge in [0.2, 0.25) is 11.8 Å². The Balaban J connectivity index is 1.50. The van der Waals surface area contributed by atoms with Crippen LogP contribution in [0, 0.1) is 0 Å². The van der Waals surface area contributed by atoms with E-state index < -0.39 is 0 Å². The number of benzene rings is 1. The summed E-state index contributed by atoms with van der Waals surface area (Å²) >= 11 is 3.33. The zero-order chi connectivity index (χ0) is 17.6. The van der Waals surface area contributed by atoms with Crippen molar-refractivity contribution in [2.75, 3.05) is 31.5 Å². The van der Waals surface area contributed by atoms with E-state index in [0.29, 0.717) is 25.5 Å². The highest BCUT2D eigenvalue weighted by atomic mass is 79.9. The van der Waals surface area contributed by atoms with Crippen LogP contribution in [0.15, 0.2) is 53.1 Å². The number of aromatic nitrogens is 1. The molecule has 0 spiro atoms. The van der Waals surface area contributed by atoms with Gasteiger partial charge < -0.3 is 5.32 Å². The van der Waals surface area contributed by atoms with Crippen molar-refractivity contribution in [3.8, 4) is 0 Å². The van der Waals surface area contributed by atoms with Gasteiger partial charge in [0.25, 0.3) is 0 Å². The number of pyridine rings is 1. The molecule has 7 heteroatoms. The second-order valence-corrected chi connectivity index (χ2v) is 6.77. The Morgan fingerprint density at radius 3 is 2.40 bits per heavy atom. The van der Waals surface area contributed by atoms with E-state index >= 15 is 0 Å². The second kappa shape index (κ2) is 8.22. The smallest absolute Gasteiger partial charge is 0.243 e. The second-order valence-electron chi connectivity index (χ2n) is 5.86. The number of anilines is 1. The number of nitrogens with one attached hydrogen (secondary N) is 1. The van der Waals surface area contributed by atoms with Crippen molar-refractivity contribution in [3.63, 3.8) is 0 Å². The fourth-order valence-electron chi connectivity index (χ4n) is 2.73. The first-order valence-electron chi connectivity index (χ1n) is 8.07. The first kappa shape index (κ1) is 17.6. The summed E-state index contributed by atoms with van der Waals surface area (Å²) in [5.74, 6) is 0.404. The van der Waals surface area contributed by atoms with E-state index in [2.05, 4.69) is 26.2 Å². The fraction of sp³-hybridized carbons (Fsp3) is 0.278. The van der Waals surface area contributed by atoms with Gasteiger partial charge in [-0.2, -0.15) is 0 Å². The Hall–Kier alpha value is -2.25. The number of rotatable bonds is 6. The molecule has 1 N–H and O–H groups in total. The van der Waals surface area contributed by atoms with Gasteiger partial charge in [-0.25, -0.2) is 4.98 Å². The zero-order valence-corrected chi connectivity index (χ0v) is 15.3. The van der Waals surface area contributed by atoms with E-state index in [1.807, 2.05) is 47.4 Å². The first-order chi connectivity index (χ1) is 12.1. The van der Waals surface area contributed by atoms with E-state index in [4.69, 9.17) is 0 Å². The lowest BCUT2D eigenvalue weighted by Gasteiger charge is -2.32. The Morgan fingerprint density at radius 1 is 1.04 bits per heavy atom. The molecule has 0 atom stereocenters. The molecule has 1 aromatic heterocycles. The normalized spacial score (nSPS) is 15.5. The van der Waals surface area contributed by atoms with Gasteiger partial charge in [0, 0.05) is 30.3 Å². The molecule has 1 saturated heterocycles. The minimum absolute atomic E-state index is 0.155. The Kier molecular flexibility index (Phi) is 5.78. The van der Waals surface area contributed by atoms with Gasteiger partial charge in [0.05, 0.1) is 13.1 Å². The Bertz CT molecular complexity index is 719. The van der Waals surface area contributed by atoms with E-state index in [1.165, 1.54) is 4.90 Å². The first-order valence-corrected chi connectivity index (χ1v) is 8.86. The number of amides is 2. The van der Waals surface area contributed by atoms with Crippen molar-refractivity contribution < 1.29 is 9.59 Å². The average molecular weight is 403 g/mol. The molecule has 0 bridgehead atoms. The number of hydrogen-bond acceptors (Lipinski definition) is 5. The molecule has 0 radical (unpaired) electrons. The lowest BCUT2D eigenvalue weighted by atomic mass is 10.2. The molecule has 1 aliphatic rings. The molecule has 0 aliphatic carbocycles. The number of carbonyl (C=O) groups excluding carboxylic acids is 2. The molecule has 1 fully saturated rings. The molecule has 0 saturated carbocycles. The summed E-state index contributed by atoms with van der Waals surface area (Å²) < 4.78 is 0.901. The van der Waals surface area contributed by atoms with E-state index in [0.717, 1.165) is 10.0 Å². The van der Waals surface area contributed by atoms with Gasteiger partial charge in [0.15, 0.2) is 0 Å². The summed E-state index contributed by atoms with van der Waals surface area (Å²) in [6.07, 6.45) is 1.70. The molecule has 130 valence electrons. The molecular formula is C18H19BrN4O2. The SMILES string of the molecule is O=C1CN(Cc2ccccc2)CC(=O)N1CCNc1ccc(Br)cn1. The molecule has 1 aromatic carbocycles. The number of nitrogens with zero attached hydrogens (tertiary/aromatic N) is 3. The molecule has 0 unspecified atom stereocenters. The van der Waals surface area contributed by atoms with Crippen molar-refractivity contribution in [2.45, 2.75) is 6.54 Å². The number of hydrogen-bond donors (Lipinski definition) is 1. The lowest BCUT2D eigenvalue weighted by Crippen LogP contribution is -2.54. The minimum atomic E-state index is -0.155. The highest BCUT2D eigenvalue weighted by Crippen LogP contribution is 2.12. The summed E-state index contributed by atoms with van der Waals surface area (Å²) in [6, 6.07) is 13.6. The summed E-state index contributed by atoms with van der Waals surface area (Å²) in [7, 11) is 0. The molecule has 3 rings (SSSR count). The minimum Gasteiger partial charge on any atom is -0.368 e. The third-order valence-corrected chi connectivity index (χ3v) is 4.41. The molecule has 2 heterocycles. The molecule has 6 nitrogen and oxygen atoms in total. The summed E-state index contributed by atoms with van der Waals surface area (Å²) in [5.41, 5.74) is 1.10. The van der Waals surface area contributed by atoms with Crippen molar-refractivity contribution in [2.24, 2.45) is 0 Å². The standard InChI is InChI=1S/C18H19BrN4O2/c19-15-6-7-16(21-10-15)20-8-9-23-17(24)12-22(13-18(23)25)11-14-4-2-1-3-5-14/h1-7,10H,8-9,11-13H2,(H,20,21).